The van der Waals surface area contributed by atoms with Crippen LogP contribution in [0.15, 0.2) is 34.4 Å². The van der Waals surface area contributed by atoms with Crippen LogP contribution < -0.4 is 15.0 Å². The molecule has 7 heteroatoms. The van der Waals surface area contributed by atoms with E-state index >= 15 is 0 Å². The van der Waals surface area contributed by atoms with Gasteiger partial charge in [0.25, 0.3) is 5.56 Å². The minimum atomic E-state index is -0.0999. The van der Waals surface area contributed by atoms with Crippen molar-refractivity contribution in [2.45, 2.75) is 45.4 Å². The van der Waals surface area contributed by atoms with E-state index in [0.29, 0.717) is 18.1 Å². The second-order valence-electron chi connectivity index (χ2n) is 7.14. The molecule has 0 fully saturated rings. The number of unbranched alkanes of at least 4 members (excludes halogenated alkanes) is 1. The largest absolute Gasteiger partial charge is 0.493 e. The van der Waals surface area contributed by atoms with E-state index in [4.69, 9.17) is 9.47 Å². The molecule has 1 aromatic carbocycles. The highest BCUT2D eigenvalue weighted by Gasteiger charge is 2.19. The lowest BCUT2D eigenvalue weighted by atomic mass is 9.97. The monoisotopic (exact) mass is 411 g/mol. The van der Waals surface area contributed by atoms with Crippen molar-refractivity contribution in [2.75, 3.05) is 13.7 Å². The Balaban J connectivity index is 1.61. The smallest absolute Gasteiger partial charge is 0.282 e. The first-order valence-corrected chi connectivity index (χ1v) is 10.9. The first-order valence-electron chi connectivity index (χ1n) is 10.1. The van der Waals surface area contributed by atoms with Crippen LogP contribution in [-0.2, 0) is 12.8 Å². The number of hydrogen-bond donors (Lipinski definition) is 0. The molecule has 0 saturated heterocycles. The Hall–Kier alpha value is -2.67. The fourth-order valence-electron chi connectivity index (χ4n) is 3.56. The summed E-state index contributed by atoms with van der Waals surface area (Å²) in [5.74, 6) is 1.36. The van der Waals surface area contributed by atoms with Crippen LogP contribution in [-0.4, -0.2) is 29.6 Å². The van der Waals surface area contributed by atoms with Crippen LogP contribution in [0, 0.1) is 0 Å². The molecule has 0 atom stereocenters. The fraction of sp³-hybridized carbons (Fsp3) is 0.409. The average Bonchev–Trinajstić information content (AvgIpc) is 3.13. The second-order valence-corrected chi connectivity index (χ2v) is 8.23. The molecule has 0 aliphatic heterocycles. The van der Waals surface area contributed by atoms with Crippen LogP contribution >= 0.6 is 11.3 Å². The molecule has 0 radical (unpaired) electrons. The third-order valence-corrected chi connectivity index (χ3v) is 6.33. The Morgan fingerprint density at radius 2 is 2.14 bits per heavy atom. The summed E-state index contributed by atoms with van der Waals surface area (Å²) in [6, 6.07) is 5.63. The number of aryl methyl sites for hydroxylation is 2. The Morgan fingerprint density at radius 1 is 1.28 bits per heavy atom. The van der Waals surface area contributed by atoms with Gasteiger partial charge < -0.3 is 9.47 Å². The number of nitrogens with zero attached hydrogens (tertiary/aromatic N) is 3. The van der Waals surface area contributed by atoms with E-state index in [9.17, 15) is 4.79 Å². The van der Waals surface area contributed by atoms with Crippen molar-refractivity contribution in [2.24, 2.45) is 5.10 Å². The van der Waals surface area contributed by atoms with E-state index in [1.165, 1.54) is 27.9 Å². The van der Waals surface area contributed by atoms with Crippen LogP contribution in [0.2, 0.25) is 0 Å². The normalized spacial score (nSPS) is 13.7. The zero-order valence-corrected chi connectivity index (χ0v) is 17.6. The highest BCUT2D eigenvalue weighted by atomic mass is 32.1. The maximum absolute atomic E-state index is 13.0. The summed E-state index contributed by atoms with van der Waals surface area (Å²) in [4.78, 5) is 19.6. The molecule has 0 N–H and O–H groups in total. The molecule has 6 nitrogen and oxygen atoms in total. The summed E-state index contributed by atoms with van der Waals surface area (Å²) in [6.45, 7) is 2.78. The van der Waals surface area contributed by atoms with Gasteiger partial charge >= 0.3 is 0 Å². The van der Waals surface area contributed by atoms with Crippen molar-refractivity contribution >= 4 is 27.8 Å². The number of fused-ring (bicyclic) bond motifs is 3. The number of aromatic nitrogens is 2. The molecule has 2 heterocycles. The van der Waals surface area contributed by atoms with Gasteiger partial charge in [-0.1, -0.05) is 13.3 Å². The van der Waals surface area contributed by atoms with Gasteiger partial charge in [0.1, 0.15) is 11.2 Å². The summed E-state index contributed by atoms with van der Waals surface area (Å²) in [6.07, 6.45) is 9.54. The van der Waals surface area contributed by atoms with Crippen molar-refractivity contribution in [3.63, 3.8) is 0 Å². The first-order chi connectivity index (χ1) is 14.2. The minimum Gasteiger partial charge on any atom is -0.493 e. The highest BCUT2D eigenvalue weighted by Crippen LogP contribution is 2.33. The summed E-state index contributed by atoms with van der Waals surface area (Å²) >= 11 is 1.64. The zero-order valence-electron chi connectivity index (χ0n) is 16.8. The molecule has 1 aliphatic carbocycles. The van der Waals surface area contributed by atoms with Gasteiger partial charge in [0.15, 0.2) is 11.5 Å². The lowest BCUT2D eigenvalue weighted by Gasteiger charge is -2.11. The zero-order chi connectivity index (χ0) is 20.2. The van der Waals surface area contributed by atoms with Gasteiger partial charge in [0, 0.05) is 4.88 Å². The maximum atomic E-state index is 13.0. The quantitative estimate of drug-likeness (QED) is 0.427. The lowest BCUT2D eigenvalue weighted by Crippen LogP contribution is -2.18. The van der Waals surface area contributed by atoms with Crippen LogP contribution in [0.4, 0.5) is 0 Å². The van der Waals surface area contributed by atoms with Crippen molar-refractivity contribution in [3.8, 4) is 11.5 Å². The topological polar surface area (TPSA) is 65.7 Å². The molecule has 1 aliphatic rings. The van der Waals surface area contributed by atoms with Gasteiger partial charge in [-0.15, -0.1) is 11.3 Å². The minimum absolute atomic E-state index is 0.0999. The van der Waals surface area contributed by atoms with Crippen LogP contribution in [0.1, 0.15) is 48.6 Å². The molecule has 0 spiro atoms. The van der Waals surface area contributed by atoms with E-state index in [0.717, 1.165) is 47.9 Å². The summed E-state index contributed by atoms with van der Waals surface area (Å²) in [5.41, 5.74) is 1.90. The molecule has 152 valence electrons. The van der Waals surface area contributed by atoms with Gasteiger partial charge in [-0.3, -0.25) is 4.79 Å². The standard InChI is InChI=1S/C22H25N3O3S/c1-3-4-11-28-17-10-9-15(12-18(17)27-2)13-24-25-14-23-21-20(22(25)26)16-7-5-6-8-19(16)29-21/h9-10,12-14H,3-8,11H2,1-2H3/b24-13+. The SMILES string of the molecule is CCCCOc1ccc(/C=N/n2cnc3sc4c(c3c2=O)CCCC4)cc1OC. The lowest BCUT2D eigenvalue weighted by molar-refractivity contribution is 0.288. The molecule has 0 unspecified atom stereocenters. The van der Waals surface area contributed by atoms with E-state index in [1.807, 2.05) is 18.2 Å². The van der Waals surface area contributed by atoms with Crippen molar-refractivity contribution in [3.05, 3.63) is 50.9 Å². The predicted molar refractivity (Wildman–Crippen MR) is 117 cm³/mol. The molecule has 29 heavy (non-hydrogen) atoms. The molecule has 2 aromatic heterocycles. The number of methoxy groups -OCH3 is 1. The van der Waals surface area contributed by atoms with Crippen molar-refractivity contribution in [1.29, 1.82) is 0 Å². The molecular formula is C22H25N3O3S. The highest BCUT2D eigenvalue weighted by molar-refractivity contribution is 7.18. The Morgan fingerprint density at radius 3 is 2.97 bits per heavy atom. The maximum Gasteiger partial charge on any atom is 0.282 e. The van der Waals surface area contributed by atoms with Gasteiger partial charge in [0.05, 0.1) is 25.3 Å². The van der Waals surface area contributed by atoms with E-state index in [2.05, 4.69) is 17.0 Å². The number of benzene rings is 1. The third-order valence-electron chi connectivity index (χ3n) is 5.13. The van der Waals surface area contributed by atoms with Crippen molar-refractivity contribution in [1.82, 2.24) is 9.66 Å². The van der Waals surface area contributed by atoms with Crippen molar-refractivity contribution < 1.29 is 9.47 Å². The van der Waals surface area contributed by atoms with E-state index in [-0.39, 0.29) is 5.56 Å². The fourth-order valence-corrected chi connectivity index (χ4v) is 4.78. The molecule has 0 bridgehead atoms. The molecule has 3 aromatic rings. The average molecular weight is 412 g/mol. The predicted octanol–water partition coefficient (Wildman–Crippen LogP) is 4.41. The van der Waals surface area contributed by atoms with Crippen LogP contribution in [0.3, 0.4) is 0 Å². The Labute approximate surface area is 173 Å². The Kier molecular flexibility index (Phi) is 5.94. The summed E-state index contributed by atoms with van der Waals surface area (Å²) < 4.78 is 12.5. The molecule has 0 amide bonds. The number of ether oxygens (including phenoxy) is 2. The van der Waals surface area contributed by atoms with Gasteiger partial charge in [-0.25, -0.2) is 4.98 Å². The molecule has 4 rings (SSSR count). The first kappa shape index (κ1) is 19.6. The summed E-state index contributed by atoms with van der Waals surface area (Å²) in [7, 11) is 1.62. The van der Waals surface area contributed by atoms with Crippen LogP contribution in [0.5, 0.6) is 11.5 Å². The van der Waals surface area contributed by atoms with Crippen LogP contribution in [0.25, 0.3) is 10.2 Å². The van der Waals surface area contributed by atoms with E-state index < -0.39 is 0 Å². The molecular weight excluding hydrogens is 386 g/mol. The Bertz CT molecular complexity index is 1100. The molecule has 0 saturated carbocycles. The number of rotatable bonds is 7. The van der Waals surface area contributed by atoms with Gasteiger partial charge in [0.2, 0.25) is 0 Å². The van der Waals surface area contributed by atoms with Gasteiger partial charge in [-0.05, 0) is 61.4 Å². The van der Waals surface area contributed by atoms with E-state index in [1.54, 1.807) is 24.7 Å². The summed E-state index contributed by atoms with van der Waals surface area (Å²) in [5, 5.41) is 5.10. The second kappa shape index (κ2) is 8.78. The number of hydrogen-bond acceptors (Lipinski definition) is 6. The third kappa shape index (κ3) is 4.05. The number of thiophene rings is 1. The van der Waals surface area contributed by atoms with Gasteiger partial charge in [-0.2, -0.15) is 9.78 Å².